The molecule has 0 radical (unpaired) electrons. The van der Waals surface area contributed by atoms with E-state index in [1.54, 1.807) is 5.51 Å². The van der Waals surface area contributed by atoms with Crippen LogP contribution in [-0.4, -0.2) is 10.9 Å². The van der Waals surface area contributed by atoms with Crippen LogP contribution >= 0.6 is 11.3 Å². The third-order valence-corrected chi connectivity index (χ3v) is 4.09. The number of nitrogens with one attached hydrogen (secondary N) is 1. The van der Waals surface area contributed by atoms with Crippen LogP contribution in [0.1, 0.15) is 16.1 Å². The smallest absolute Gasteiger partial charge is 0.275 e. The zero-order valence-corrected chi connectivity index (χ0v) is 12.4. The number of nitrogens with zero attached hydrogens (tertiary/aromatic N) is 1. The third kappa shape index (κ3) is 2.85. The second-order valence-electron chi connectivity index (χ2n) is 4.67. The maximum atomic E-state index is 12.5. The predicted octanol–water partition coefficient (Wildman–Crippen LogP) is 4.37. The van der Waals surface area contributed by atoms with Crippen molar-refractivity contribution >= 4 is 22.9 Å². The number of para-hydroxylation sites is 1. The summed E-state index contributed by atoms with van der Waals surface area (Å²) in [4.78, 5) is 17.6. The Morgan fingerprint density at radius 1 is 1.05 bits per heavy atom. The Bertz CT molecular complexity index is 765. The molecule has 3 rings (SSSR count). The lowest BCUT2D eigenvalue weighted by Crippen LogP contribution is -2.14. The van der Waals surface area contributed by atoms with Crippen molar-refractivity contribution in [3.8, 4) is 10.4 Å². The van der Waals surface area contributed by atoms with Crippen LogP contribution in [-0.2, 0) is 0 Å². The van der Waals surface area contributed by atoms with E-state index < -0.39 is 0 Å². The van der Waals surface area contributed by atoms with Crippen LogP contribution in [0.15, 0.2) is 60.1 Å². The van der Waals surface area contributed by atoms with Gasteiger partial charge in [0.15, 0.2) is 0 Å². The van der Waals surface area contributed by atoms with Gasteiger partial charge in [0.2, 0.25) is 0 Å². The van der Waals surface area contributed by atoms with Crippen molar-refractivity contribution in [2.24, 2.45) is 0 Å². The maximum absolute atomic E-state index is 12.5. The molecule has 0 saturated carbocycles. The zero-order valence-electron chi connectivity index (χ0n) is 11.5. The Hall–Kier alpha value is -2.46. The van der Waals surface area contributed by atoms with Crippen LogP contribution in [0.2, 0.25) is 0 Å². The molecule has 1 amide bonds. The first-order valence-corrected chi connectivity index (χ1v) is 7.49. The number of carbonyl (C=O) groups excluding carboxylic acids is 1. The molecule has 0 fully saturated rings. The number of amides is 1. The van der Waals surface area contributed by atoms with Gasteiger partial charge in [0.25, 0.3) is 5.91 Å². The van der Waals surface area contributed by atoms with Crippen molar-refractivity contribution in [2.45, 2.75) is 6.92 Å². The van der Waals surface area contributed by atoms with E-state index in [4.69, 9.17) is 0 Å². The number of hydrogen-bond donors (Lipinski definition) is 1. The molecular weight excluding hydrogens is 280 g/mol. The van der Waals surface area contributed by atoms with Gasteiger partial charge in [-0.05, 0) is 24.1 Å². The van der Waals surface area contributed by atoms with Gasteiger partial charge in [0, 0.05) is 5.69 Å². The number of thiazole rings is 1. The summed E-state index contributed by atoms with van der Waals surface area (Å²) < 4.78 is 0. The molecule has 0 bridgehead atoms. The van der Waals surface area contributed by atoms with Crippen LogP contribution in [0.4, 0.5) is 5.69 Å². The molecule has 1 heterocycles. The molecule has 104 valence electrons. The van der Waals surface area contributed by atoms with Gasteiger partial charge in [-0.15, -0.1) is 11.3 Å². The van der Waals surface area contributed by atoms with E-state index in [2.05, 4.69) is 10.3 Å². The number of rotatable bonds is 3. The number of aryl methyl sites for hydroxylation is 1. The molecule has 4 heteroatoms. The summed E-state index contributed by atoms with van der Waals surface area (Å²) in [6.07, 6.45) is 0. The summed E-state index contributed by atoms with van der Waals surface area (Å²) in [5.74, 6) is -0.176. The monoisotopic (exact) mass is 294 g/mol. The van der Waals surface area contributed by atoms with Crippen LogP contribution in [0.5, 0.6) is 0 Å². The Morgan fingerprint density at radius 2 is 1.76 bits per heavy atom. The lowest BCUT2D eigenvalue weighted by molar-refractivity contribution is 0.102. The zero-order chi connectivity index (χ0) is 14.7. The normalized spacial score (nSPS) is 10.3. The molecule has 1 N–H and O–H groups in total. The minimum Gasteiger partial charge on any atom is -0.320 e. The highest BCUT2D eigenvalue weighted by Gasteiger charge is 2.16. The average molecular weight is 294 g/mol. The van der Waals surface area contributed by atoms with Crippen molar-refractivity contribution < 1.29 is 4.79 Å². The lowest BCUT2D eigenvalue weighted by Gasteiger charge is -2.08. The summed E-state index contributed by atoms with van der Waals surface area (Å²) >= 11 is 1.47. The van der Waals surface area contributed by atoms with Gasteiger partial charge in [-0.25, -0.2) is 4.98 Å². The van der Waals surface area contributed by atoms with Crippen molar-refractivity contribution in [3.63, 3.8) is 0 Å². The molecule has 0 aliphatic rings. The third-order valence-electron chi connectivity index (χ3n) is 3.21. The molecule has 2 aromatic carbocycles. The summed E-state index contributed by atoms with van der Waals surface area (Å²) in [6, 6.07) is 17.5. The lowest BCUT2D eigenvalue weighted by atomic mass is 10.1. The highest BCUT2D eigenvalue weighted by Crippen LogP contribution is 2.28. The second kappa shape index (κ2) is 5.89. The van der Waals surface area contributed by atoms with Crippen LogP contribution in [0, 0.1) is 6.92 Å². The Labute approximate surface area is 127 Å². The van der Waals surface area contributed by atoms with E-state index >= 15 is 0 Å². The van der Waals surface area contributed by atoms with Gasteiger partial charge in [-0.2, -0.15) is 0 Å². The number of aromatic nitrogens is 1. The topological polar surface area (TPSA) is 42.0 Å². The van der Waals surface area contributed by atoms with Gasteiger partial charge in [0.05, 0.1) is 10.4 Å². The first kappa shape index (κ1) is 13.5. The number of carbonyl (C=O) groups is 1. The molecule has 1 aromatic heterocycles. The molecular formula is C17H14N2OS. The summed E-state index contributed by atoms with van der Waals surface area (Å²) in [5.41, 5.74) is 5.02. The van der Waals surface area contributed by atoms with Gasteiger partial charge < -0.3 is 5.32 Å². The van der Waals surface area contributed by atoms with Crippen molar-refractivity contribution in [3.05, 3.63) is 71.4 Å². The fourth-order valence-electron chi connectivity index (χ4n) is 2.10. The molecule has 0 saturated heterocycles. The molecule has 0 spiro atoms. The minimum absolute atomic E-state index is 0.176. The fourth-order valence-corrected chi connectivity index (χ4v) is 2.89. The highest BCUT2D eigenvalue weighted by molar-refractivity contribution is 7.13. The molecule has 0 aliphatic carbocycles. The van der Waals surface area contributed by atoms with Crippen molar-refractivity contribution in [2.75, 3.05) is 5.32 Å². The second-order valence-corrected chi connectivity index (χ2v) is 5.52. The van der Waals surface area contributed by atoms with Gasteiger partial charge in [-0.3, -0.25) is 4.79 Å². The summed E-state index contributed by atoms with van der Waals surface area (Å²) in [7, 11) is 0. The molecule has 21 heavy (non-hydrogen) atoms. The van der Waals surface area contributed by atoms with Gasteiger partial charge in [-0.1, -0.05) is 48.5 Å². The van der Waals surface area contributed by atoms with E-state index in [1.807, 2.05) is 61.5 Å². The van der Waals surface area contributed by atoms with Crippen molar-refractivity contribution in [1.29, 1.82) is 0 Å². The standard InChI is InChI=1S/C17H14N2OS/c1-12-7-5-6-10-14(12)19-17(20)15-16(21-11-18-15)13-8-3-2-4-9-13/h2-11H,1H3,(H,19,20). The number of benzene rings is 2. The van der Waals surface area contributed by atoms with E-state index in [0.29, 0.717) is 5.69 Å². The van der Waals surface area contributed by atoms with E-state index in [9.17, 15) is 4.79 Å². The van der Waals surface area contributed by atoms with Gasteiger partial charge in [0.1, 0.15) is 5.69 Å². The summed E-state index contributed by atoms with van der Waals surface area (Å²) in [6.45, 7) is 1.97. The number of hydrogen-bond acceptors (Lipinski definition) is 3. The SMILES string of the molecule is Cc1ccccc1NC(=O)c1ncsc1-c1ccccc1. The Morgan fingerprint density at radius 3 is 2.52 bits per heavy atom. The molecule has 0 unspecified atom stereocenters. The Balaban J connectivity index is 1.90. The largest absolute Gasteiger partial charge is 0.320 e. The van der Waals surface area contributed by atoms with E-state index in [-0.39, 0.29) is 5.91 Å². The van der Waals surface area contributed by atoms with E-state index in [1.165, 1.54) is 11.3 Å². The number of anilines is 1. The predicted molar refractivity (Wildman–Crippen MR) is 86.7 cm³/mol. The first-order valence-electron chi connectivity index (χ1n) is 6.61. The maximum Gasteiger partial charge on any atom is 0.275 e. The van der Waals surface area contributed by atoms with Crippen LogP contribution in [0.25, 0.3) is 10.4 Å². The highest BCUT2D eigenvalue weighted by atomic mass is 32.1. The molecule has 0 aliphatic heterocycles. The molecule has 3 aromatic rings. The van der Waals surface area contributed by atoms with Crippen molar-refractivity contribution in [1.82, 2.24) is 4.98 Å². The van der Waals surface area contributed by atoms with Gasteiger partial charge >= 0.3 is 0 Å². The molecule has 3 nitrogen and oxygen atoms in total. The van der Waals surface area contributed by atoms with Crippen LogP contribution < -0.4 is 5.32 Å². The quantitative estimate of drug-likeness (QED) is 0.779. The fraction of sp³-hybridized carbons (Fsp3) is 0.0588. The molecule has 0 atom stereocenters. The Kier molecular flexibility index (Phi) is 3.79. The van der Waals surface area contributed by atoms with Crippen LogP contribution in [0.3, 0.4) is 0 Å². The minimum atomic E-state index is -0.176. The first-order chi connectivity index (χ1) is 10.3. The summed E-state index contributed by atoms with van der Waals surface area (Å²) in [5, 5.41) is 2.93. The van der Waals surface area contributed by atoms with E-state index in [0.717, 1.165) is 21.7 Å². The average Bonchev–Trinajstić information content (AvgIpc) is 3.00.